The Morgan fingerprint density at radius 3 is 2.78 bits per heavy atom. The molecule has 0 saturated heterocycles. The molecule has 0 aliphatic heterocycles. The molecule has 2 heterocycles. The Morgan fingerprint density at radius 1 is 1.30 bits per heavy atom. The van der Waals surface area contributed by atoms with Gasteiger partial charge in [0.2, 0.25) is 0 Å². The first-order chi connectivity index (χ1) is 12.9. The number of methoxy groups -OCH3 is 1. The summed E-state index contributed by atoms with van der Waals surface area (Å²) >= 11 is 1.48. The number of ether oxygens (including phenoxy) is 1. The molecule has 1 amide bonds. The molecule has 0 unspecified atom stereocenters. The van der Waals surface area contributed by atoms with Crippen molar-refractivity contribution in [2.75, 3.05) is 7.11 Å². The van der Waals surface area contributed by atoms with Crippen molar-refractivity contribution in [3.05, 3.63) is 62.9 Å². The van der Waals surface area contributed by atoms with Gasteiger partial charge in [-0.25, -0.2) is 0 Å². The van der Waals surface area contributed by atoms with E-state index in [9.17, 15) is 9.59 Å². The highest BCUT2D eigenvalue weighted by Crippen LogP contribution is 2.28. The number of aryl methyl sites for hydroxylation is 1. The third-order valence-electron chi connectivity index (χ3n) is 4.37. The van der Waals surface area contributed by atoms with Crippen LogP contribution in [-0.2, 0) is 13.1 Å². The van der Waals surface area contributed by atoms with Crippen molar-refractivity contribution in [1.29, 1.82) is 0 Å². The van der Waals surface area contributed by atoms with Gasteiger partial charge in [0, 0.05) is 28.9 Å². The number of thiophene rings is 1. The summed E-state index contributed by atoms with van der Waals surface area (Å²) in [6.45, 7) is 7.03. The van der Waals surface area contributed by atoms with E-state index in [-0.39, 0.29) is 11.5 Å². The fourth-order valence-electron chi connectivity index (χ4n) is 3.13. The molecular weight excluding hydrogens is 360 g/mol. The number of aromatic nitrogens is 1. The minimum Gasteiger partial charge on any atom is -0.497 e. The molecule has 5 nitrogen and oxygen atoms in total. The highest BCUT2D eigenvalue weighted by Gasteiger charge is 2.20. The Hall–Kier alpha value is -2.60. The molecule has 0 atom stereocenters. The maximum Gasteiger partial charge on any atom is 0.260 e. The molecule has 6 heteroatoms. The summed E-state index contributed by atoms with van der Waals surface area (Å²) in [5.41, 5.74) is 1.33. The lowest BCUT2D eigenvalue weighted by Gasteiger charge is -2.10. The molecule has 0 fully saturated rings. The number of hydrogen-bond acceptors (Lipinski definition) is 4. The zero-order valence-electron chi connectivity index (χ0n) is 16.0. The summed E-state index contributed by atoms with van der Waals surface area (Å²) in [6.07, 6.45) is 1.82. The van der Waals surface area contributed by atoms with E-state index in [4.69, 9.17) is 4.74 Å². The van der Waals surface area contributed by atoms with Crippen molar-refractivity contribution in [3.8, 4) is 5.75 Å². The number of rotatable bonds is 6. The Balaban J connectivity index is 1.91. The van der Waals surface area contributed by atoms with E-state index in [0.717, 1.165) is 20.9 Å². The smallest absolute Gasteiger partial charge is 0.260 e. The molecule has 1 N–H and O–H groups in total. The lowest BCUT2D eigenvalue weighted by molar-refractivity contribution is 0.0952. The predicted molar refractivity (Wildman–Crippen MR) is 110 cm³/mol. The molecule has 0 saturated carbocycles. The second-order valence-electron chi connectivity index (χ2n) is 6.97. The Labute approximate surface area is 162 Å². The Morgan fingerprint density at radius 2 is 2.07 bits per heavy atom. The van der Waals surface area contributed by atoms with Crippen LogP contribution in [0.25, 0.3) is 10.1 Å². The molecule has 0 radical (unpaired) electrons. The van der Waals surface area contributed by atoms with Crippen LogP contribution in [0.2, 0.25) is 0 Å². The van der Waals surface area contributed by atoms with Crippen molar-refractivity contribution < 1.29 is 9.53 Å². The van der Waals surface area contributed by atoms with E-state index < -0.39 is 0 Å². The van der Waals surface area contributed by atoms with Gasteiger partial charge in [-0.3, -0.25) is 9.59 Å². The minimum absolute atomic E-state index is 0.0999. The number of pyridine rings is 1. The molecule has 0 spiro atoms. The van der Waals surface area contributed by atoms with Crippen LogP contribution in [0.5, 0.6) is 5.75 Å². The number of carbonyl (C=O) groups excluding carboxylic acids is 1. The molecule has 27 heavy (non-hydrogen) atoms. The van der Waals surface area contributed by atoms with Crippen LogP contribution in [0, 0.1) is 12.8 Å². The van der Waals surface area contributed by atoms with Crippen LogP contribution in [0.4, 0.5) is 0 Å². The molecule has 3 aromatic rings. The molecule has 3 rings (SSSR count). The van der Waals surface area contributed by atoms with Crippen LogP contribution in [0.3, 0.4) is 0 Å². The monoisotopic (exact) mass is 384 g/mol. The van der Waals surface area contributed by atoms with Crippen LogP contribution in [0.1, 0.15) is 34.6 Å². The summed E-state index contributed by atoms with van der Waals surface area (Å²) in [5, 5.41) is 3.45. The van der Waals surface area contributed by atoms with Crippen molar-refractivity contribution in [2.45, 2.75) is 33.9 Å². The normalized spacial score (nSPS) is 11.1. The summed E-state index contributed by atoms with van der Waals surface area (Å²) in [6, 6.07) is 9.48. The summed E-state index contributed by atoms with van der Waals surface area (Å²) in [5.74, 6) is 0.877. The quantitative estimate of drug-likeness (QED) is 0.700. The molecule has 0 bridgehead atoms. The lowest BCUT2D eigenvalue weighted by atomic mass is 10.1. The molecule has 0 aliphatic carbocycles. The first kappa shape index (κ1) is 19.2. The van der Waals surface area contributed by atoms with Crippen molar-refractivity contribution in [2.24, 2.45) is 5.92 Å². The van der Waals surface area contributed by atoms with Crippen LogP contribution < -0.4 is 15.6 Å². The first-order valence-corrected chi connectivity index (χ1v) is 9.76. The van der Waals surface area contributed by atoms with Gasteiger partial charge in [-0.2, -0.15) is 0 Å². The fraction of sp³-hybridized carbons (Fsp3) is 0.333. The number of hydrogen-bond donors (Lipinski definition) is 1. The van der Waals surface area contributed by atoms with Crippen molar-refractivity contribution in [1.82, 2.24) is 9.88 Å². The molecule has 1 aromatic carbocycles. The third kappa shape index (κ3) is 4.06. The maximum atomic E-state index is 12.9. The number of fused-ring (bicyclic) bond motifs is 1. The molecule has 142 valence electrons. The number of amides is 1. The van der Waals surface area contributed by atoms with Gasteiger partial charge in [0.15, 0.2) is 0 Å². The number of carbonyl (C=O) groups is 1. The molecule has 0 aliphatic rings. The van der Waals surface area contributed by atoms with E-state index in [0.29, 0.717) is 30.0 Å². The standard InChI is InChI=1S/C21H24N2O3S/c1-13(2)12-23-9-8-17-19(21(23)25)18(14(3)27-17)20(24)22-11-15-6-5-7-16(10-15)26-4/h5-10,13H,11-12H2,1-4H3,(H,22,24). The zero-order valence-corrected chi connectivity index (χ0v) is 16.9. The van der Waals surface area contributed by atoms with Crippen LogP contribution in [-0.4, -0.2) is 17.6 Å². The zero-order chi connectivity index (χ0) is 19.6. The molecular formula is C21H24N2O3S. The average Bonchev–Trinajstić information content (AvgIpc) is 2.99. The van der Waals surface area contributed by atoms with Crippen LogP contribution >= 0.6 is 11.3 Å². The van der Waals surface area contributed by atoms with Crippen molar-refractivity contribution >= 4 is 27.3 Å². The highest BCUT2D eigenvalue weighted by atomic mass is 32.1. The number of nitrogens with zero attached hydrogens (tertiary/aromatic N) is 1. The second-order valence-corrected chi connectivity index (χ2v) is 8.23. The van der Waals surface area contributed by atoms with E-state index in [1.165, 1.54) is 11.3 Å². The fourth-order valence-corrected chi connectivity index (χ4v) is 4.18. The van der Waals surface area contributed by atoms with Gasteiger partial charge in [0.1, 0.15) is 5.75 Å². The minimum atomic E-state index is -0.221. The van der Waals surface area contributed by atoms with E-state index in [1.54, 1.807) is 11.7 Å². The average molecular weight is 385 g/mol. The largest absolute Gasteiger partial charge is 0.497 e. The van der Waals surface area contributed by atoms with Gasteiger partial charge in [-0.1, -0.05) is 26.0 Å². The second kappa shape index (κ2) is 7.96. The topological polar surface area (TPSA) is 60.3 Å². The summed E-state index contributed by atoms with van der Waals surface area (Å²) in [7, 11) is 1.61. The van der Waals surface area contributed by atoms with Gasteiger partial charge in [0.05, 0.1) is 18.1 Å². The van der Waals surface area contributed by atoms with Crippen molar-refractivity contribution in [3.63, 3.8) is 0 Å². The first-order valence-electron chi connectivity index (χ1n) is 8.94. The number of benzene rings is 1. The van der Waals surface area contributed by atoms with Gasteiger partial charge < -0.3 is 14.6 Å². The van der Waals surface area contributed by atoms with Gasteiger partial charge in [-0.05, 0) is 36.6 Å². The van der Waals surface area contributed by atoms with Gasteiger partial charge in [-0.15, -0.1) is 11.3 Å². The molecule has 2 aromatic heterocycles. The summed E-state index contributed by atoms with van der Waals surface area (Å²) in [4.78, 5) is 26.7. The third-order valence-corrected chi connectivity index (χ3v) is 5.44. The lowest BCUT2D eigenvalue weighted by Crippen LogP contribution is -2.27. The van der Waals surface area contributed by atoms with E-state index in [1.807, 2.05) is 43.5 Å². The summed E-state index contributed by atoms with van der Waals surface area (Å²) < 4.78 is 7.76. The van der Waals surface area contributed by atoms with E-state index in [2.05, 4.69) is 19.2 Å². The predicted octanol–water partition coefficient (Wildman–Crippen LogP) is 3.97. The van der Waals surface area contributed by atoms with Gasteiger partial charge >= 0.3 is 0 Å². The maximum absolute atomic E-state index is 12.9. The highest BCUT2D eigenvalue weighted by molar-refractivity contribution is 7.19. The van der Waals surface area contributed by atoms with E-state index >= 15 is 0 Å². The SMILES string of the molecule is COc1cccc(CNC(=O)c2c(C)sc3ccn(CC(C)C)c(=O)c23)c1. The van der Waals surface area contributed by atoms with Crippen LogP contribution in [0.15, 0.2) is 41.3 Å². The number of nitrogens with one attached hydrogen (secondary N) is 1. The Bertz CT molecular complexity index is 1030. The van der Waals surface area contributed by atoms with Gasteiger partial charge in [0.25, 0.3) is 11.5 Å². The Kier molecular flexibility index (Phi) is 5.65.